The molecule has 0 radical (unpaired) electrons. The van der Waals surface area contributed by atoms with Crippen LogP contribution in [0.3, 0.4) is 0 Å². The number of nitrogens with two attached hydrogens (primary N) is 1. The number of nitrogens with one attached hydrogen (secondary N) is 1. The van der Waals surface area contributed by atoms with E-state index in [0.29, 0.717) is 17.9 Å². The lowest BCUT2D eigenvalue weighted by molar-refractivity contribution is 0.415. The molecule has 0 aliphatic rings. The van der Waals surface area contributed by atoms with Crippen molar-refractivity contribution in [1.29, 1.82) is 5.26 Å². The first kappa shape index (κ1) is 13.9. The van der Waals surface area contributed by atoms with Gasteiger partial charge in [0.15, 0.2) is 0 Å². The summed E-state index contributed by atoms with van der Waals surface area (Å²) in [4.78, 5) is 0. The van der Waals surface area contributed by atoms with Crippen molar-refractivity contribution in [2.75, 3.05) is 19.0 Å². The Hall–Kier alpha value is -2.51. The van der Waals surface area contributed by atoms with E-state index < -0.39 is 0 Å². The standard InChI is InChI=1S/C16H17N3O/c1-20-14-8-7-13(10-17)16(9-14)19-11-15(18)12-5-3-2-4-6-12/h2-9,15,19H,11,18H2,1H3. The second kappa shape index (κ2) is 6.60. The van der Waals surface area contributed by atoms with Gasteiger partial charge in [-0.25, -0.2) is 0 Å². The fourth-order valence-electron chi connectivity index (χ4n) is 1.93. The Balaban J connectivity index is 2.09. The molecule has 0 aromatic heterocycles. The van der Waals surface area contributed by atoms with Crippen LogP contribution in [0.15, 0.2) is 48.5 Å². The minimum absolute atomic E-state index is 0.131. The second-order valence-electron chi connectivity index (χ2n) is 4.42. The van der Waals surface area contributed by atoms with Gasteiger partial charge in [0.2, 0.25) is 0 Å². The summed E-state index contributed by atoms with van der Waals surface area (Å²) in [7, 11) is 1.60. The molecule has 102 valence electrons. The van der Waals surface area contributed by atoms with Gasteiger partial charge in [-0.15, -0.1) is 0 Å². The SMILES string of the molecule is COc1ccc(C#N)c(NCC(N)c2ccccc2)c1. The van der Waals surface area contributed by atoms with Crippen LogP contribution in [-0.4, -0.2) is 13.7 Å². The zero-order chi connectivity index (χ0) is 14.4. The molecule has 1 unspecified atom stereocenters. The molecule has 0 amide bonds. The number of methoxy groups -OCH3 is 1. The Morgan fingerprint density at radius 1 is 1.25 bits per heavy atom. The van der Waals surface area contributed by atoms with Gasteiger partial charge in [0.25, 0.3) is 0 Å². The van der Waals surface area contributed by atoms with Crippen LogP contribution in [0.5, 0.6) is 5.75 Å². The summed E-state index contributed by atoms with van der Waals surface area (Å²) in [6, 6.07) is 17.2. The molecule has 20 heavy (non-hydrogen) atoms. The molecule has 0 saturated carbocycles. The molecule has 2 aromatic carbocycles. The molecule has 0 fully saturated rings. The maximum atomic E-state index is 9.10. The molecule has 0 heterocycles. The van der Waals surface area contributed by atoms with Gasteiger partial charge in [-0.3, -0.25) is 0 Å². The Kier molecular flexibility index (Phi) is 4.59. The van der Waals surface area contributed by atoms with Gasteiger partial charge >= 0.3 is 0 Å². The molecule has 3 N–H and O–H groups in total. The maximum absolute atomic E-state index is 9.10. The smallest absolute Gasteiger partial charge is 0.121 e. The van der Waals surface area contributed by atoms with E-state index in [9.17, 15) is 0 Å². The van der Waals surface area contributed by atoms with Crippen LogP contribution in [0.2, 0.25) is 0 Å². The van der Waals surface area contributed by atoms with Crippen molar-refractivity contribution in [2.45, 2.75) is 6.04 Å². The van der Waals surface area contributed by atoms with Crippen molar-refractivity contribution in [2.24, 2.45) is 5.73 Å². The quantitative estimate of drug-likeness (QED) is 0.873. The average Bonchev–Trinajstić information content (AvgIpc) is 2.53. The number of nitrogens with zero attached hydrogens (tertiary/aromatic N) is 1. The predicted octanol–water partition coefficient (Wildman–Crippen LogP) is 2.68. The number of nitriles is 1. The molecule has 4 nitrogen and oxygen atoms in total. The normalized spacial score (nSPS) is 11.4. The Bertz CT molecular complexity index is 605. The number of ether oxygens (including phenoxy) is 1. The minimum Gasteiger partial charge on any atom is -0.497 e. The van der Waals surface area contributed by atoms with E-state index in [2.05, 4.69) is 11.4 Å². The first-order chi connectivity index (χ1) is 9.74. The molecular weight excluding hydrogens is 250 g/mol. The zero-order valence-corrected chi connectivity index (χ0v) is 11.3. The second-order valence-corrected chi connectivity index (χ2v) is 4.42. The fraction of sp³-hybridized carbons (Fsp3) is 0.188. The number of hydrogen-bond acceptors (Lipinski definition) is 4. The van der Waals surface area contributed by atoms with E-state index in [0.717, 1.165) is 11.3 Å². The molecular formula is C16H17N3O. The van der Waals surface area contributed by atoms with Crippen molar-refractivity contribution in [1.82, 2.24) is 0 Å². The number of benzene rings is 2. The number of rotatable bonds is 5. The van der Waals surface area contributed by atoms with E-state index in [1.165, 1.54) is 0 Å². The molecule has 2 aromatic rings. The number of anilines is 1. The Morgan fingerprint density at radius 3 is 2.65 bits per heavy atom. The van der Waals surface area contributed by atoms with Crippen LogP contribution in [0.25, 0.3) is 0 Å². The van der Waals surface area contributed by atoms with Crippen LogP contribution >= 0.6 is 0 Å². The molecule has 0 saturated heterocycles. The van der Waals surface area contributed by atoms with E-state index in [1.807, 2.05) is 30.3 Å². The third-order valence-electron chi connectivity index (χ3n) is 3.09. The lowest BCUT2D eigenvalue weighted by Gasteiger charge is -2.15. The molecule has 1 atom stereocenters. The van der Waals surface area contributed by atoms with Crippen LogP contribution in [0.1, 0.15) is 17.2 Å². The topological polar surface area (TPSA) is 71.1 Å². The third kappa shape index (κ3) is 3.28. The van der Waals surface area contributed by atoms with Gasteiger partial charge in [-0.05, 0) is 17.7 Å². The highest BCUT2D eigenvalue weighted by atomic mass is 16.5. The van der Waals surface area contributed by atoms with Crippen molar-refractivity contribution in [3.05, 3.63) is 59.7 Å². The number of hydrogen-bond donors (Lipinski definition) is 2. The predicted molar refractivity (Wildman–Crippen MR) is 79.6 cm³/mol. The van der Waals surface area contributed by atoms with Gasteiger partial charge in [-0.2, -0.15) is 5.26 Å². The van der Waals surface area contributed by atoms with E-state index in [1.54, 1.807) is 25.3 Å². The largest absolute Gasteiger partial charge is 0.497 e. The van der Waals surface area contributed by atoms with Crippen LogP contribution in [0, 0.1) is 11.3 Å². The molecule has 4 heteroatoms. The summed E-state index contributed by atoms with van der Waals surface area (Å²) < 4.78 is 5.17. The highest BCUT2D eigenvalue weighted by Crippen LogP contribution is 2.22. The Labute approximate surface area is 118 Å². The lowest BCUT2D eigenvalue weighted by atomic mass is 10.1. The van der Waals surface area contributed by atoms with E-state index in [-0.39, 0.29) is 6.04 Å². The minimum atomic E-state index is -0.131. The van der Waals surface area contributed by atoms with Gasteiger partial charge < -0.3 is 15.8 Å². The lowest BCUT2D eigenvalue weighted by Crippen LogP contribution is -2.20. The van der Waals surface area contributed by atoms with Crippen LogP contribution < -0.4 is 15.8 Å². The molecule has 2 rings (SSSR count). The van der Waals surface area contributed by atoms with Crippen molar-refractivity contribution >= 4 is 5.69 Å². The van der Waals surface area contributed by atoms with E-state index >= 15 is 0 Å². The van der Waals surface area contributed by atoms with Crippen LogP contribution in [0.4, 0.5) is 5.69 Å². The molecule has 0 spiro atoms. The van der Waals surface area contributed by atoms with Crippen molar-refractivity contribution in [3.8, 4) is 11.8 Å². The highest BCUT2D eigenvalue weighted by molar-refractivity contribution is 5.60. The molecule has 0 aliphatic carbocycles. The van der Waals surface area contributed by atoms with Gasteiger partial charge in [0.1, 0.15) is 11.8 Å². The summed E-state index contributed by atoms with van der Waals surface area (Å²) in [5.41, 5.74) is 8.49. The highest BCUT2D eigenvalue weighted by Gasteiger charge is 2.08. The first-order valence-electron chi connectivity index (χ1n) is 6.37. The summed E-state index contributed by atoms with van der Waals surface area (Å²) in [6.45, 7) is 0.547. The maximum Gasteiger partial charge on any atom is 0.121 e. The van der Waals surface area contributed by atoms with Gasteiger partial charge in [0, 0.05) is 18.7 Å². The van der Waals surface area contributed by atoms with Gasteiger partial charge in [0.05, 0.1) is 18.4 Å². The average molecular weight is 267 g/mol. The summed E-state index contributed by atoms with van der Waals surface area (Å²) in [6.07, 6.45) is 0. The van der Waals surface area contributed by atoms with Gasteiger partial charge in [-0.1, -0.05) is 30.3 Å². The molecule has 0 bridgehead atoms. The monoisotopic (exact) mass is 267 g/mol. The summed E-state index contributed by atoms with van der Waals surface area (Å²) >= 11 is 0. The first-order valence-corrected chi connectivity index (χ1v) is 6.37. The molecule has 0 aliphatic heterocycles. The zero-order valence-electron chi connectivity index (χ0n) is 11.3. The fourth-order valence-corrected chi connectivity index (χ4v) is 1.93. The van der Waals surface area contributed by atoms with Crippen molar-refractivity contribution in [3.63, 3.8) is 0 Å². The van der Waals surface area contributed by atoms with Crippen molar-refractivity contribution < 1.29 is 4.74 Å². The summed E-state index contributed by atoms with van der Waals surface area (Å²) in [5.74, 6) is 0.708. The van der Waals surface area contributed by atoms with Crippen LogP contribution in [-0.2, 0) is 0 Å². The Morgan fingerprint density at radius 2 is 2.00 bits per heavy atom. The van der Waals surface area contributed by atoms with E-state index in [4.69, 9.17) is 15.7 Å². The third-order valence-corrected chi connectivity index (χ3v) is 3.09. The summed E-state index contributed by atoms with van der Waals surface area (Å²) in [5, 5.41) is 12.3.